The predicted molar refractivity (Wildman–Crippen MR) is 126 cm³/mol. The van der Waals surface area contributed by atoms with Crippen LogP contribution in [-0.4, -0.2) is 33.6 Å². The van der Waals surface area contributed by atoms with Crippen molar-refractivity contribution in [2.75, 3.05) is 0 Å². The van der Waals surface area contributed by atoms with Crippen molar-refractivity contribution in [2.24, 2.45) is 4.99 Å². The number of rotatable bonds is 8. The predicted octanol–water partition coefficient (Wildman–Crippen LogP) is 4.28. The third-order valence-electron chi connectivity index (χ3n) is 4.91. The van der Waals surface area contributed by atoms with E-state index < -0.39 is 5.91 Å². The molecule has 2 aromatic carbocycles. The molecule has 0 saturated heterocycles. The summed E-state index contributed by atoms with van der Waals surface area (Å²) in [5.41, 5.74) is 4.41. The van der Waals surface area contributed by atoms with E-state index in [1.165, 1.54) is 6.92 Å². The van der Waals surface area contributed by atoms with Gasteiger partial charge in [0.25, 0.3) is 5.91 Å². The largest absolute Gasteiger partial charge is 0.304 e. The van der Waals surface area contributed by atoms with Gasteiger partial charge in [0.15, 0.2) is 5.78 Å². The Morgan fingerprint density at radius 1 is 1.19 bits per heavy atom. The average Bonchev–Trinajstić information content (AvgIpc) is 3.26. The van der Waals surface area contributed by atoms with Gasteiger partial charge >= 0.3 is 0 Å². The van der Waals surface area contributed by atoms with E-state index in [4.69, 9.17) is 0 Å². The first-order valence-corrected chi connectivity index (χ1v) is 10.1. The van der Waals surface area contributed by atoms with Gasteiger partial charge in [-0.15, -0.1) is 5.10 Å². The van der Waals surface area contributed by atoms with Crippen molar-refractivity contribution < 1.29 is 9.59 Å². The molecule has 7 heteroatoms. The van der Waals surface area contributed by atoms with Crippen LogP contribution < -0.4 is 5.32 Å². The number of benzene rings is 2. The molecule has 0 fully saturated rings. The second-order valence-corrected chi connectivity index (χ2v) is 7.24. The van der Waals surface area contributed by atoms with Crippen molar-refractivity contribution in [3.63, 3.8) is 0 Å². The van der Waals surface area contributed by atoms with Crippen LogP contribution in [0.25, 0.3) is 5.57 Å². The summed E-state index contributed by atoms with van der Waals surface area (Å²) in [4.78, 5) is 32.5. The zero-order valence-corrected chi connectivity index (χ0v) is 18.3. The van der Waals surface area contributed by atoms with E-state index in [0.29, 0.717) is 17.8 Å². The summed E-state index contributed by atoms with van der Waals surface area (Å²) < 4.78 is 0. The number of aromatic amines is 1. The summed E-state index contributed by atoms with van der Waals surface area (Å²) >= 11 is 0. The van der Waals surface area contributed by atoms with Crippen LogP contribution in [0.15, 0.2) is 71.5 Å². The third-order valence-corrected chi connectivity index (χ3v) is 4.91. The Balaban J connectivity index is 1.76. The number of carbonyl (C=O) groups excluding carboxylic acids is 2. The lowest BCUT2D eigenvalue weighted by molar-refractivity contribution is 0.0954. The highest BCUT2D eigenvalue weighted by molar-refractivity contribution is 5.95. The van der Waals surface area contributed by atoms with Crippen LogP contribution >= 0.6 is 0 Å². The molecule has 7 nitrogen and oxygen atoms in total. The molecule has 0 saturated carbocycles. The minimum atomic E-state index is -0.488. The topological polar surface area (TPSA) is 100 Å². The number of aliphatic imine (C=N–C) groups is 1. The SMILES string of the molecule is C=N/C(=C\C(=C/C)c1ccc(C(C)=O)cc1C)NC(=O)c1n[nH]c(Cc2ccccc2)n1. The van der Waals surface area contributed by atoms with Crippen molar-refractivity contribution in [2.45, 2.75) is 27.2 Å². The molecular weight excluding hydrogens is 402 g/mol. The zero-order valence-electron chi connectivity index (χ0n) is 18.3. The molecule has 32 heavy (non-hydrogen) atoms. The lowest BCUT2D eigenvalue weighted by Crippen LogP contribution is -2.23. The standard InChI is InChI=1S/C25H25N5O2/c1-5-19(21-12-11-20(17(3)31)13-16(21)2)15-22(26-4)28-25(32)24-27-23(29-30-24)14-18-9-7-6-8-10-18/h5-13,15H,4,14H2,1-3H3,(H,28,32)(H,27,29,30)/b19-5+,22-15+. The van der Waals surface area contributed by atoms with Gasteiger partial charge in [0.2, 0.25) is 5.82 Å². The van der Waals surface area contributed by atoms with E-state index in [0.717, 1.165) is 22.3 Å². The Morgan fingerprint density at radius 3 is 2.56 bits per heavy atom. The summed E-state index contributed by atoms with van der Waals surface area (Å²) in [6.07, 6.45) is 4.16. The lowest BCUT2D eigenvalue weighted by Gasteiger charge is -2.10. The number of ketones is 1. The number of hydrogen-bond donors (Lipinski definition) is 2. The van der Waals surface area contributed by atoms with Crippen molar-refractivity contribution in [3.05, 3.63) is 100 Å². The van der Waals surface area contributed by atoms with Gasteiger partial charge < -0.3 is 5.32 Å². The molecule has 0 spiro atoms. The van der Waals surface area contributed by atoms with E-state index in [9.17, 15) is 9.59 Å². The van der Waals surface area contributed by atoms with Crippen molar-refractivity contribution >= 4 is 24.0 Å². The molecule has 0 aliphatic carbocycles. The van der Waals surface area contributed by atoms with Crippen LogP contribution in [0, 0.1) is 6.92 Å². The normalized spacial score (nSPS) is 11.8. The Kier molecular flexibility index (Phi) is 7.23. The van der Waals surface area contributed by atoms with Gasteiger partial charge in [-0.2, -0.15) is 0 Å². The van der Waals surface area contributed by atoms with E-state index in [1.54, 1.807) is 12.1 Å². The number of carbonyl (C=O) groups is 2. The van der Waals surface area contributed by atoms with Gasteiger partial charge in [-0.3, -0.25) is 14.7 Å². The first-order valence-electron chi connectivity index (χ1n) is 10.1. The number of allylic oxidation sites excluding steroid dienone is 3. The van der Waals surface area contributed by atoms with Gasteiger partial charge in [-0.05, 0) is 61.9 Å². The minimum Gasteiger partial charge on any atom is -0.304 e. The second-order valence-electron chi connectivity index (χ2n) is 7.24. The van der Waals surface area contributed by atoms with E-state index >= 15 is 0 Å². The van der Waals surface area contributed by atoms with Crippen LogP contribution in [0.4, 0.5) is 0 Å². The highest BCUT2D eigenvalue weighted by Crippen LogP contribution is 2.23. The summed E-state index contributed by atoms with van der Waals surface area (Å²) in [6.45, 7) is 8.91. The molecule has 0 unspecified atom stereocenters. The Labute approximate surface area is 187 Å². The van der Waals surface area contributed by atoms with Crippen molar-refractivity contribution in [1.82, 2.24) is 20.5 Å². The molecule has 162 valence electrons. The lowest BCUT2D eigenvalue weighted by atomic mass is 9.97. The van der Waals surface area contributed by atoms with Crippen LogP contribution in [-0.2, 0) is 6.42 Å². The van der Waals surface area contributed by atoms with Gasteiger partial charge in [-0.25, -0.2) is 9.98 Å². The maximum absolute atomic E-state index is 12.6. The monoisotopic (exact) mass is 427 g/mol. The van der Waals surface area contributed by atoms with E-state index in [-0.39, 0.29) is 17.4 Å². The second kappa shape index (κ2) is 10.3. The molecule has 0 aliphatic heterocycles. The summed E-state index contributed by atoms with van der Waals surface area (Å²) in [7, 11) is 0. The fourth-order valence-electron chi connectivity index (χ4n) is 3.23. The smallest absolute Gasteiger partial charge is 0.296 e. The van der Waals surface area contributed by atoms with E-state index in [1.807, 2.05) is 62.4 Å². The van der Waals surface area contributed by atoms with Gasteiger partial charge in [0.05, 0.1) is 0 Å². The summed E-state index contributed by atoms with van der Waals surface area (Å²) in [5, 5.41) is 9.51. The minimum absolute atomic E-state index is 0.0102. The first-order chi connectivity index (χ1) is 15.4. The molecule has 3 aromatic rings. The summed E-state index contributed by atoms with van der Waals surface area (Å²) in [6, 6.07) is 15.3. The number of H-pyrrole nitrogens is 1. The molecule has 0 atom stereocenters. The van der Waals surface area contributed by atoms with Gasteiger partial charge in [-0.1, -0.05) is 48.5 Å². The highest BCUT2D eigenvalue weighted by atomic mass is 16.2. The van der Waals surface area contributed by atoms with Crippen LogP contribution in [0.1, 0.15) is 57.3 Å². The molecule has 0 radical (unpaired) electrons. The number of Topliss-reactive ketones (excluding diaryl/α,β-unsaturated/α-hetero) is 1. The molecule has 3 rings (SSSR count). The van der Waals surface area contributed by atoms with Crippen LogP contribution in [0.2, 0.25) is 0 Å². The molecule has 2 N–H and O–H groups in total. The number of aromatic nitrogens is 3. The maximum atomic E-state index is 12.6. The van der Waals surface area contributed by atoms with Crippen LogP contribution in [0.3, 0.4) is 0 Å². The zero-order chi connectivity index (χ0) is 23.1. The Hall–Kier alpha value is -4.13. The van der Waals surface area contributed by atoms with Crippen molar-refractivity contribution in [3.8, 4) is 0 Å². The number of nitrogens with one attached hydrogen (secondary N) is 2. The first kappa shape index (κ1) is 22.6. The van der Waals surface area contributed by atoms with Gasteiger partial charge in [0, 0.05) is 12.0 Å². The van der Waals surface area contributed by atoms with Crippen LogP contribution in [0.5, 0.6) is 0 Å². The third kappa shape index (κ3) is 5.51. The number of nitrogens with zero attached hydrogens (tertiary/aromatic N) is 3. The van der Waals surface area contributed by atoms with Gasteiger partial charge in [0.1, 0.15) is 11.6 Å². The number of amides is 1. The average molecular weight is 428 g/mol. The molecule has 0 aliphatic rings. The Bertz CT molecular complexity index is 1210. The fraction of sp³-hybridized carbons (Fsp3) is 0.160. The Morgan fingerprint density at radius 2 is 1.94 bits per heavy atom. The highest BCUT2D eigenvalue weighted by Gasteiger charge is 2.15. The van der Waals surface area contributed by atoms with E-state index in [2.05, 4.69) is 32.2 Å². The fourth-order valence-corrected chi connectivity index (χ4v) is 3.23. The quantitative estimate of drug-likeness (QED) is 0.318. The molecule has 1 heterocycles. The van der Waals surface area contributed by atoms with Crippen molar-refractivity contribution in [1.29, 1.82) is 0 Å². The molecule has 0 bridgehead atoms. The number of aryl methyl sites for hydroxylation is 1. The molecular formula is C25H25N5O2. The maximum Gasteiger partial charge on any atom is 0.296 e. The summed E-state index contributed by atoms with van der Waals surface area (Å²) in [5.74, 6) is 0.408. The molecule has 1 aromatic heterocycles. The molecule has 1 amide bonds. The number of hydrogen-bond acceptors (Lipinski definition) is 5.